The zero-order valence-corrected chi connectivity index (χ0v) is 18.1. The fourth-order valence-electron chi connectivity index (χ4n) is 3.53. The van der Waals surface area contributed by atoms with E-state index in [0.717, 1.165) is 0 Å². The predicted octanol–water partition coefficient (Wildman–Crippen LogP) is 0.889. The van der Waals surface area contributed by atoms with E-state index in [2.05, 4.69) is 15.1 Å². The molecule has 1 aliphatic heterocycles. The van der Waals surface area contributed by atoms with Crippen LogP contribution in [0.15, 0.2) is 22.4 Å². The molecule has 0 unspecified atom stereocenters. The molecule has 156 valence electrons. The number of aromatic nitrogens is 4. The van der Waals surface area contributed by atoms with Crippen molar-refractivity contribution in [2.75, 3.05) is 26.2 Å². The van der Waals surface area contributed by atoms with Crippen LogP contribution in [0.4, 0.5) is 0 Å². The number of aromatic amines is 1. The number of hydrogen-bond acceptors (Lipinski definition) is 6. The number of H-pyrrole nitrogens is 1. The Balaban J connectivity index is 1.86. The van der Waals surface area contributed by atoms with E-state index in [9.17, 15) is 16.8 Å². The monoisotopic (exact) mass is 430 g/mol. The van der Waals surface area contributed by atoms with Gasteiger partial charge in [0.25, 0.3) is 10.0 Å². The van der Waals surface area contributed by atoms with Crippen molar-refractivity contribution in [3.63, 3.8) is 0 Å². The molecule has 3 rings (SSSR count). The third-order valence-electron chi connectivity index (χ3n) is 4.85. The van der Waals surface area contributed by atoms with Gasteiger partial charge in [-0.05, 0) is 34.1 Å². The summed E-state index contributed by atoms with van der Waals surface area (Å²) in [4.78, 5) is 6.58. The summed E-state index contributed by atoms with van der Waals surface area (Å²) >= 11 is 0. The summed E-state index contributed by atoms with van der Waals surface area (Å²) in [6, 6.07) is 0.0434. The quantitative estimate of drug-likeness (QED) is 0.752. The molecule has 10 nitrogen and oxygen atoms in total. The Morgan fingerprint density at radius 1 is 1.00 bits per heavy atom. The lowest BCUT2D eigenvalue weighted by atomic mass is 10.3. The van der Waals surface area contributed by atoms with Gasteiger partial charge in [0.05, 0.1) is 23.9 Å². The number of nitrogens with zero attached hydrogens (tertiary/aromatic N) is 5. The maximum atomic E-state index is 13.3. The van der Waals surface area contributed by atoms with Gasteiger partial charge in [0.2, 0.25) is 10.0 Å². The van der Waals surface area contributed by atoms with Gasteiger partial charge >= 0.3 is 0 Å². The van der Waals surface area contributed by atoms with E-state index in [-0.39, 0.29) is 42.1 Å². The lowest BCUT2D eigenvalue weighted by molar-refractivity contribution is 0.403. The van der Waals surface area contributed by atoms with Crippen molar-refractivity contribution >= 4 is 20.0 Å². The molecule has 28 heavy (non-hydrogen) atoms. The van der Waals surface area contributed by atoms with Crippen LogP contribution in [0.25, 0.3) is 0 Å². The molecule has 1 N–H and O–H groups in total. The first-order valence-corrected chi connectivity index (χ1v) is 12.0. The van der Waals surface area contributed by atoms with E-state index in [1.54, 1.807) is 18.5 Å². The number of imidazole rings is 1. The van der Waals surface area contributed by atoms with Crippen LogP contribution >= 0.6 is 0 Å². The molecule has 1 fully saturated rings. The van der Waals surface area contributed by atoms with Gasteiger partial charge in [-0.25, -0.2) is 21.8 Å². The molecule has 0 atom stereocenters. The van der Waals surface area contributed by atoms with Crippen LogP contribution in [0.1, 0.15) is 37.7 Å². The van der Waals surface area contributed by atoms with Crippen molar-refractivity contribution in [3.8, 4) is 0 Å². The highest BCUT2D eigenvalue weighted by Gasteiger charge is 2.35. The van der Waals surface area contributed by atoms with Crippen molar-refractivity contribution in [1.82, 2.24) is 28.4 Å². The minimum absolute atomic E-state index is 0.00806. The van der Waals surface area contributed by atoms with Crippen molar-refractivity contribution in [2.24, 2.45) is 0 Å². The molecule has 12 heteroatoms. The van der Waals surface area contributed by atoms with Gasteiger partial charge in [0.1, 0.15) is 4.90 Å². The van der Waals surface area contributed by atoms with Crippen LogP contribution in [0, 0.1) is 13.8 Å². The minimum atomic E-state index is -3.77. The van der Waals surface area contributed by atoms with E-state index in [0.29, 0.717) is 17.8 Å². The van der Waals surface area contributed by atoms with Crippen molar-refractivity contribution in [1.29, 1.82) is 0 Å². The first-order chi connectivity index (χ1) is 13.1. The summed E-state index contributed by atoms with van der Waals surface area (Å²) in [7, 11) is -7.50. The van der Waals surface area contributed by atoms with Gasteiger partial charge in [-0.2, -0.15) is 13.7 Å². The summed E-state index contributed by atoms with van der Waals surface area (Å²) in [6.07, 6.45) is 2.96. The lowest BCUT2D eigenvalue weighted by Gasteiger charge is -2.21. The largest absolute Gasteiger partial charge is 0.335 e. The summed E-state index contributed by atoms with van der Waals surface area (Å²) in [5.41, 5.74) is 1.05. The SMILES string of the molecule is Cc1nn(C(C)C)c(C)c1S(=O)(=O)N1CCCN(S(=O)(=O)c2cnc[nH]2)CC1. The zero-order valence-electron chi connectivity index (χ0n) is 16.5. The highest BCUT2D eigenvalue weighted by Crippen LogP contribution is 2.27. The van der Waals surface area contributed by atoms with Crippen molar-refractivity contribution in [3.05, 3.63) is 23.9 Å². The zero-order chi connectivity index (χ0) is 20.7. The Labute approximate surface area is 165 Å². The Hall–Kier alpha value is -1.76. The molecule has 0 radical (unpaired) electrons. The normalized spacial score (nSPS) is 17.9. The Morgan fingerprint density at radius 3 is 2.11 bits per heavy atom. The van der Waals surface area contributed by atoms with E-state index in [1.165, 1.54) is 21.1 Å². The number of hydrogen-bond donors (Lipinski definition) is 1. The topological polar surface area (TPSA) is 121 Å². The molecule has 0 saturated carbocycles. The van der Waals surface area contributed by atoms with Gasteiger partial charge < -0.3 is 4.98 Å². The summed E-state index contributed by atoms with van der Waals surface area (Å²) in [6.45, 7) is 7.99. The molecule has 0 aliphatic carbocycles. The van der Waals surface area contributed by atoms with E-state index >= 15 is 0 Å². The average molecular weight is 431 g/mol. The van der Waals surface area contributed by atoms with Crippen LogP contribution in [-0.4, -0.2) is 71.4 Å². The first kappa shape index (κ1) is 21.0. The highest BCUT2D eigenvalue weighted by atomic mass is 32.2. The fraction of sp³-hybridized carbons (Fsp3) is 0.625. The third-order valence-corrected chi connectivity index (χ3v) is 8.83. The van der Waals surface area contributed by atoms with E-state index in [4.69, 9.17) is 0 Å². The average Bonchev–Trinajstić information content (AvgIpc) is 3.16. The van der Waals surface area contributed by atoms with Gasteiger partial charge in [0, 0.05) is 32.2 Å². The summed E-state index contributed by atoms with van der Waals surface area (Å²) < 4.78 is 56.3. The van der Waals surface area contributed by atoms with Gasteiger partial charge in [0.15, 0.2) is 5.03 Å². The molecule has 0 spiro atoms. The van der Waals surface area contributed by atoms with Gasteiger partial charge in [-0.15, -0.1) is 0 Å². The molecule has 0 amide bonds. The van der Waals surface area contributed by atoms with Crippen molar-refractivity contribution in [2.45, 2.75) is 50.1 Å². The van der Waals surface area contributed by atoms with Crippen LogP contribution in [0.2, 0.25) is 0 Å². The predicted molar refractivity (Wildman–Crippen MR) is 103 cm³/mol. The van der Waals surface area contributed by atoms with E-state index in [1.807, 2.05) is 13.8 Å². The molecule has 1 saturated heterocycles. The molecule has 1 aliphatic rings. The Bertz CT molecular complexity index is 1040. The number of sulfonamides is 2. The molecular formula is C16H26N6O4S2. The molecule has 0 aromatic carbocycles. The second-order valence-electron chi connectivity index (χ2n) is 7.12. The minimum Gasteiger partial charge on any atom is -0.335 e. The van der Waals surface area contributed by atoms with Gasteiger partial charge in [-0.1, -0.05) is 0 Å². The summed E-state index contributed by atoms with van der Waals surface area (Å²) in [5.74, 6) is 0. The molecule has 2 aromatic heterocycles. The molecular weight excluding hydrogens is 404 g/mol. The highest BCUT2D eigenvalue weighted by molar-refractivity contribution is 7.89. The Kier molecular flexibility index (Phi) is 5.67. The first-order valence-electron chi connectivity index (χ1n) is 9.11. The fourth-order valence-corrected chi connectivity index (χ4v) is 6.72. The smallest absolute Gasteiger partial charge is 0.260 e. The van der Waals surface area contributed by atoms with Crippen LogP contribution < -0.4 is 0 Å². The standard InChI is InChI=1S/C16H26N6O4S2/c1-12(2)22-14(4)16(13(3)19-22)28(25,26)21-7-5-6-20(8-9-21)27(23,24)15-10-17-11-18-15/h10-12H,5-9H2,1-4H3,(H,17,18). The second kappa shape index (κ2) is 7.58. The maximum Gasteiger partial charge on any atom is 0.260 e. The number of nitrogens with one attached hydrogen (secondary N) is 1. The molecule has 3 heterocycles. The second-order valence-corrected chi connectivity index (χ2v) is 10.9. The van der Waals surface area contributed by atoms with Gasteiger partial charge in [-0.3, -0.25) is 4.68 Å². The number of rotatable bonds is 5. The molecule has 2 aromatic rings. The number of aryl methyl sites for hydroxylation is 1. The van der Waals surface area contributed by atoms with Crippen LogP contribution in [0.5, 0.6) is 0 Å². The van der Waals surface area contributed by atoms with Crippen molar-refractivity contribution < 1.29 is 16.8 Å². The molecule has 0 bridgehead atoms. The lowest BCUT2D eigenvalue weighted by Crippen LogP contribution is -2.37. The van der Waals surface area contributed by atoms with Crippen LogP contribution in [0.3, 0.4) is 0 Å². The van der Waals surface area contributed by atoms with E-state index < -0.39 is 20.0 Å². The maximum absolute atomic E-state index is 13.3. The van der Waals surface area contributed by atoms with Crippen LogP contribution in [-0.2, 0) is 20.0 Å². The third kappa shape index (κ3) is 3.61. The summed E-state index contributed by atoms with van der Waals surface area (Å²) in [5, 5.41) is 4.38. The Morgan fingerprint density at radius 2 is 1.61 bits per heavy atom.